The first-order valence-electron chi connectivity index (χ1n) is 6.20. The molecule has 19 heavy (non-hydrogen) atoms. The molecule has 104 valence electrons. The van der Waals surface area contributed by atoms with Crippen LogP contribution in [0.25, 0.3) is 0 Å². The van der Waals surface area contributed by atoms with Crippen LogP contribution < -0.4 is 0 Å². The highest BCUT2D eigenvalue weighted by molar-refractivity contribution is 7.13. The number of thiophene rings is 1. The highest BCUT2D eigenvalue weighted by atomic mass is 32.1. The van der Waals surface area contributed by atoms with Crippen LogP contribution in [0.1, 0.15) is 24.8 Å². The molecule has 1 aromatic heterocycles. The van der Waals surface area contributed by atoms with Gasteiger partial charge in [0.25, 0.3) is 0 Å². The molecular weight excluding hydrogens is 268 g/mol. The maximum atomic E-state index is 10.6. The average molecular weight is 284 g/mol. The molecule has 0 bridgehead atoms. The number of carboxylic acid groups (broad SMARTS) is 1. The molecule has 1 N–H and O–H groups in total. The first-order chi connectivity index (χ1) is 9.04. The summed E-state index contributed by atoms with van der Waals surface area (Å²) in [5, 5.41) is 21.3. The van der Waals surface area contributed by atoms with Crippen molar-refractivity contribution in [1.29, 1.82) is 0 Å². The molecule has 1 aliphatic rings. The first-order valence-corrected chi connectivity index (χ1v) is 7.08. The third-order valence-corrected chi connectivity index (χ3v) is 4.29. The van der Waals surface area contributed by atoms with Crippen molar-refractivity contribution in [3.05, 3.63) is 27.1 Å². The Labute approximate surface area is 114 Å². The van der Waals surface area contributed by atoms with Crippen molar-refractivity contribution in [3.8, 4) is 0 Å². The van der Waals surface area contributed by atoms with Crippen molar-refractivity contribution >= 4 is 22.3 Å². The molecule has 1 atom stereocenters. The molecule has 0 radical (unpaired) electrons. The fraction of sp³-hybridized carbons (Fsp3) is 0.583. The standard InChI is InChI=1S/C12H16N2O4S/c15-12(16)2-1-9-3-4-13(6-9)7-10-5-11(14(17)18)19-8-10/h5,8-9H,1-4,6-7H2,(H,15,16). The summed E-state index contributed by atoms with van der Waals surface area (Å²) in [4.78, 5) is 23.0. The minimum Gasteiger partial charge on any atom is -0.481 e. The number of carbonyl (C=O) groups is 1. The zero-order valence-corrected chi connectivity index (χ0v) is 11.3. The molecule has 0 aromatic carbocycles. The maximum absolute atomic E-state index is 10.6. The topological polar surface area (TPSA) is 83.7 Å². The van der Waals surface area contributed by atoms with Crippen LogP contribution in [0.3, 0.4) is 0 Å². The molecule has 1 unspecified atom stereocenters. The lowest BCUT2D eigenvalue weighted by atomic mass is 10.0. The Hall–Kier alpha value is -1.47. The Balaban J connectivity index is 1.81. The van der Waals surface area contributed by atoms with E-state index in [0.29, 0.717) is 12.5 Å². The smallest absolute Gasteiger partial charge is 0.324 e. The van der Waals surface area contributed by atoms with Crippen LogP contribution in [0.4, 0.5) is 5.00 Å². The molecule has 1 aliphatic heterocycles. The second kappa shape index (κ2) is 6.12. The lowest BCUT2D eigenvalue weighted by Gasteiger charge is -2.14. The highest BCUT2D eigenvalue weighted by Gasteiger charge is 2.23. The van der Waals surface area contributed by atoms with E-state index in [1.807, 2.05) is 5.38 Å². The number of nitrogens with zero attached hydrogens (tertiary/aromatic N) is 2. The van der Waals surface area contributed by atoms with Gasteiger partial charge >= 0.3 is 11.0 Å². The van der Waals surface area contributed by atoms with Crippen LogP contribution in [-0.2, 0) is 11.3 Å². The number of carboxylic acids is 1. The van der Waals surface area contributed by atoms with E-state index in [2.05, 4.69) is 4.90 Å². The van der Waals surface area contributed by atoms with E-state index in [9.17, 15) is 14.9 Å². The normalized spacial score (nSPS) is 19.7. The van der Waals surface area contributed by atoms with Gasteiger partial charge in [0.05, 0.1) is 4.92 Å². The van der Waals surface area contributed by atoms with Gasteiger partial charge in [-0.2, -0.15) is 0 Å². The Kier molecular flexibility index (Phi) is 4.49. The van der Waals surface area contributed by atoms with Crippen LogP contribution in [-0.4, -0.2) is 34.0 Å². The SMILES string of the molecule is O=C(O)CCC1CCN(Cc2csc([N+](=O)[O-])c2)C1. The van der Waals surface area contributed by atoms with Gasteiger partial charge in [-0.1, -0.05) is 11.3 Å². The Morgan fingerprint density at radius 1 is 1.63 bits per heavy atom. The zero-order chi connectivity index (χ0) is 13.8. The fourth-order valence-electron chi connectivity index (χ4n) is 2.42. The van der Waals surface area contributed by atoms with Crippen LogP contribution >= 0.6 is 11.3 Å². The fourth-order valence-corrected chi connectivity index (χ4v) is 3.14. The predicted octanol–water partition coefficient (Wildman–Crippen LogP) is 2.34. The number of aliphatic carboxylic acids is 1. The molecule has 0 aliphatic carbocycles. The molecule has 7 heteroatoms. The zero-order valence-electron chi connectivity index (χ0n) is 10.4. The van der Waals surface area contributed by atoms with Crippen molar-refractivity contribution in [1.82, 2.24) is 4.90 Å². The maximum Gasteiger partial charge on any atom is 0.324 e. The number of hydrogen-bond acceptors (Lipinski definition) is 5. The summed E-state index contributed by atoms with van der Waals surface area (Å²) in [6.07, 6.45) is 1.96. The van der Waals surface area contributed by atoms with Gasteiger partial charge in [0, 0.05) is 31.0 Å². The second-order valence-corrected chi connectivity index (χ2v) is 5.76. The molecule has 6 nitrogen and oxygen atoms in total. The van der Waals surface area contributed by atoms with Gasteiger partial charge in [0.2, 0.25) is 0 Å². The van der Waals surface area contributed by atoms with Crippen molar-refractivity contribution in [2.45, 2.75) is 25.8 Å². The summed E-state index contributed by atoms with van der Waals surface area (Å²) >= 11 is 1.15. The highest BCUT2D eigenvalue weighted by Crippen LogP contribution is 2.27. The van der Waals surface area contributed by atoms with E-state index in [-0.39, 0.29) is 16.3 Å². The van der Waals surface area contributed by atoms with Crippen LogP contribution in [0, 0.1) is 16.0 Å². The average Bonchev–Trinajstić information content (AvgIpc) is 2.96. The quantitative estimate of drug-likeness (QED) is 0.640. The van der Waals surface area contributed by atoms with Gasteiger partial charge in [0.15, 0.2) is 0 Å². The number of likely N-dealkylation sites (tertiary alicyclic amines) is 1. The minimum atomic E-state index is -0.744. The summed E-state index contributed by atoms with van der Waals surface area (Å²) < 4.78 is 0. The number of rotatable bonds is 6. The molecule has 1 aromatic rings. The van der Waals surface area contributed by atoms with Gasteiger partial charge in [-0.05, 0) is 30.9 Å². The van der Waals surface area contributed by atoms with Crippen molar-refractivity contribution in [2.75, 3.05) is 13.1 Å². The third-order valence-electron chi connectivity index (χ3n) is 3.36. The molecule has 0 amide bonds. The van der Waals surface area contributed by atoms with Gasteiger partial charge in [0.1, 0.15) is 0 Å². The second-order valence-electron chi connectivity index (χ2n) is 4.87. The predicted molar refractivity (Wildman–Crippen MR) is 71.2 cm³/mol. The van der Waals surface area contributed by atoms with E-state index in [0.717, 1.165) is 42.8 Å². The van der Waals surface area contributed by atoms with Crippen molar-refractivity contribution in [2.24, 2.45) is 5.92 Å². The van der Waals surface area contributed by atoms with Crippen LogP contribution in [0.15, 0.2) is 11.4 Å². The van der Waals surface area contributed by atoms with Crippen LogP contribution in [0.5, 0.6) is 0 Å². The summed E-state index contributed by atoms with van der Waals surface area (Å²) in [7, 11) is 0. The Bertz CT molecular complexity index is 474. The number of nitro groups is 1. The summed E-state index contributed by atoms with van der Waals surface area (Å²) in [6, 6.07) is 1.62. The molecule has 1 saturated heterocycles. The van der Waals surface area contributed by atoms with E-state index < -0.39 is 5.97 Å². The van der Waals surface area contributed by atoms with E-state index >= 15 is 0 Å². The van der Waals surface area contributed by atoms with E-state index in [4.69, 9.17) is 5.11 Å². The third kappa shape index (κ3) is 4.00. The minimum absolute atomic E-state index is 0.177. The summed E-state index contributed by atoms with van der Waals surface area (Å²) in [6.45, 7) is 2.54. The number of hydrogen-bond donors (Lipinski definition) is 1. The van der Waals surface area contributed by atoms with Crippen LogP contribution in [0.2, 0.25) is 0 Å². The first kappa shape index (κ1) is 14.0. The lowest BCUT2D eigenvalue weighted by molar-refractivity contribution is -0.380. The Morgan fingerprint density at radius 2 is 2.42 bits per heavy atom. The molecule has 0 saturated carbocycles. The van der Waals surface area contributed by atoms with E-state index in [1.165, 1.54) is 0 Å². The van der Waals surface area contributed by atoms with Gasteiger partial charge in [-0.15, -0.1) is 0 Å². The van der Waals surface area contributed by atoms with Crippen molar-refractivity contribution < 1.29 is 14.8 Å². The van der Waals surface area contributed by atoms with Crippen molar-refractivity contribution in [3.63, 3.8) is 0 Å². The van der Waals surface area contributed by atoms with Gasteiger partial charge in [-0.25, -0.2) is 0 Å². The van der Waals surface area contributed by atoms with Gasteiger partial charge in [-0.3, -0.25) is 19.8 Å². The Morgan fingerprint density at radius 3 is 3.05 bits per heavy atom. The lowest BCUT2D eigenvalue weighted by Crippen LogP contribution is -2.20. The molecule has 0 spiro atoms. The monoisotopic (exact) mass is 284 g/mol. The molecule has 1 fully saturated rings. The molecule has 2 heterocycles. The molecule has 2 rings (SSSR count). The summed E-state index contributed by atoms with van der Waals surface area (Å²) in [5.41, 5.74) is 0.968. The molecular formula is C12H16N2O4S. The largest absolute Gasteiger partial charge is 0.481 e. The summed E-state index contributed by atoms with van der Waals surface area (Å²) in [5.74, 6) is -0.309. The van der Waals surface area contributed by atoms with Gasteiger partial charge < -0.3 is 5.11 Å². The van der Waals surface area contributed by atoms with E-state index in [1.54, 1.807) is 6.07 Å².